The molecule has 0 bridgehead atoms. The lowest BCUT2D eigenvalue weighted by atomic mass is 10.4. The second-order valence-electron chi connectivity index (χ2n) is 4.36. The molecule has 0 aliphatic carbocycles. The zero-order chi connectivity index (χ0) is 12.1. The molecule has 4 heteroatoms. The van der Waals surface area contributed by atoms with Gasteiger partial charge in [-0.05, 0) is 40.1 Å². The molecule has 4 nitrogen and oxygen atoms in total. The van der Waals surface area contributed by atoms with Crippen molar-refractivity contribution in [2.45, 2.75) is 20.4 Å². The monoisotopic (exact) mass is 223 g/mol. The van der Waals surface area contributed by atoms with E-state index >= 15 is 0 Å². The van der Waals surface area contributed by atoms with Gasteiger partial charge in [-0.25, -0.2) is 0 Å². The molecule has 1 aromatic rings. The number of hydrogen-bond donors (Lipinski definition) is 1. The van der Waals surface area contributed by atoms with Crippen molar-refractivity contribution in [2.75, 3.05) is 27.2 Å². The van der Waals surface area contributed by atoms with Gasteiger partial charge in [0.1, 0.15) is 0 Å². The second kappa shape index (κ2) is 5.70. The van der Waals surface area contributed by atoms with Crippen LogP contribution in [-0.4, -0.2) is 42.6 Å². The number of hydrogen-bond acceptors (Lipinski definition) is 2. The molecule has 0 atom stereocenters. The second-order valence-corrected chi connectivity index (χ2v) is 4.36. The quantitative estimate of drug-likeness (QED) is 0.801. The van der Waals surface area contributed by atoms with E-state index in [0.29, 0.717) is 13.1 Å². The van der Waals surface area contributed by atoms with Gasteiger partial charge in [-0.1, -0.05) is 0 Å². The lowest BCUT2D eigenvalue weighted by Gasteiger charge is -2.12. The number of nitrogens with zero attached hydrogens (tertiary/aromatic N) is 2. The third-order valence-electron chi connectivity index (χ3n) is 2.53. The van der Waals surface area contributed by atoms with Crippen molar-refractivity contribution in [1.29, 1.82) is 0 Å². The molecule has 0 spiro atoms. The summed E-state index contributed by atoms with van der Waals surface area (Å²) in [6.45, 7) is 6.12. The number of likely N-dealkylation sites (N-methyl/N-ethyl adjacent to an activating group) is 1. The van der Waals surface area contributed by atoms with Crippen molar-refractivity contribution in [2.24, 2.45) is 0 Å². The van der Waals surface area contributed by atoms with Gasteiger partial charge in [0.2, 0.25) is 5.91 Å². The van der Waals surface area contributed by atoms with Crippen LogP contribution in [0, 0.1) is 13.8 Å². The van der Waals surface area contributed by atoms with Crippen LogP contribution in [0.1, 0.15) is 11.4 Å². The van der Waals surface area contributed by atoms with Crippen molar-refractivity contribution in [3.8, 4) is 0 Å². The Morgan fingerprint density at radius 3 is 2.38 bits per heavy atom. The molecule has 0 saturated carbocycles. The van der Waals surface area contributed by atoms with E-state index in [0.717, 1.165) is 6.54 Å². The van der Waals surface area contributed by atoms with E-state index in [4.69, 9.17) is 0 Å². The fourth-order valence-corrected chi connectivity index (χ4v) is 1.70. The normalized spacial score (nSPS) is 10.8. The van der Waals surface area contributed by atoms with E-state index in [9.17, 15) is 4.79 Å². The van der Waals surface area contributed by atoms with Gasteiger partial charge in [0.15, 0.2) is 0 Å². The Balaban J connectivity index is 2.33. The molecule has 0 aliphatic rings. The van der Waals surface area contributed by atoms with Crippen molar-refractivity contribution in [1.82, 2.24) is 14.8 Å². The zero-order valence-corrected chi connectivity index (χ0v) is 10.6. The molecule has 1 heterocycles. The molecule has 90 valence electrons. The van der Waals surface area contributed by atoms with E-state index in [2.05, 4.69) is 35.9 Å². The summed E-state index contributed by atoms with van der Waals surface area (Å²) >= 11 is 0. The minimum Gasteiger partial charge on any atom is -0.353 e. The van der Waals surface area contributed by atoms with E-state index in [1.165, 1.54) is 11.4 Å². The predicted octanol–water partition coefficient (Wildman–Crippen LogP) is 0.783. The Hall–Kier alpha value is -1.29. The highest BCUT2D eigenvalue weighted by molar-refractivity contribution is 5.77. The highest BCUT2D eigenvalue weighted by Crippen LogP contribution is 2.05. The number of nitrogens with one attached hydrogen (secondary N) is 1. The molecule has 1 N–H and O–H groups in total. The first-order valence-corrected chi connectivity index (χ1v) is 5.55. The van der Waals surface area contributed by atoms with Crippen molar-refractivity contribution >= 4 is 5.91 Å². The highest BCUT2D eigenvalue weighted by atomic mass is 16.2. The van der Waals surface area contributed by atoms with Crippen LogP contribution in [0.2, 0.25) is 0 Å². The maximum Gasteiger partial charge on any atom is 0.234 e. The predicted molar refractivity (Wildman–Crippen MR) is 65.5 cm³/mol. The maximum absolute atomic E-state index is 11.4. The summed E-state index contributed by atoms with van der Waals surface area (Å²) < 4.78 is 2.20. The fourth-order valence-electron chi connectivity index (χ4n) is 1.70. The number of rotatable bonds is 5. The molecule has 0 unspecified atom stereocenters. The number of carbonyl (C=O) groups is 1. The van der Waals surface area contributed by atoms with Gasteiger partial charge >= 0.3 is 0 Å². The highest BCUT2D eigenvalue weighted by Gasteiger charge is 2.03. The summed E-state index contributed by atoms with van der Waals surface area (Å²) in [6.07, 6.45) is 0. The van der Waals surface area contributed by atoms with E-state index in [-0.39, 0.29) is 5.91 Å². The van der Waals surface area contributed by atoms with Gasteiger partial charge in [-0.2, -0.15) is 0 Å². The molecule has 0 fully saturated rings. The van der Waals surface area contributed by atoms with Gasteiger partial charge in [0, 0.05) is 24.5 Å². The van der Waals surface area contributed by atoms with Crippen LogP contribution >= 0.6 is 0 Å². The molecule has 0 saturated heterocycles. The lowest BCUT2D eigenvalue weighted by molar-refractivity contribution is -0.121. The first-order chi connectivity index (χ1) is 7.50. The molecular formula is C12H21N3O. The van der Waals surface area contributed by atoms with Crippen LogP contribution in [0.3, 0.4) is 0 Å². The van der Waals surface area contributed by atoms with Crippen LogP contribution in [0.15, 0.2) is 12.1 Å². The largest absolute Gasteiger partial charge is 0.353 e. The molecular weight excluding hydrogens is 202 g/mol. The first-order valence-electron chi connectivity index (χ1n) is 5.55. The van der Waals surface area contributed by atoms with Gasteiger partial charge in [-0.15, -0.1) is 0 Å². The topological polar surface area (TPSA) is 37.3 Å². The number of amides is 1. The summed E-state index contributed by atoms with van der Waals surface area (Å²) in [6, 6.07) is 4.19. The van der Waals surface area contributed by atoms with Gasteiger partial charge in [0.25, 0.3) is 0 Å². The summed E-state index contributed by atoms with van der Waals surface area (Å²) in [5.74, 6) is 0.0764. The number of carbonyl (C=O) groups excluding carboxylic acids is 1. The van der Waals surface area contributed by atoms with E-state index in [1.807, 2.05) is 19.0 Å². The number of aromatic nitrogens is 1. The maximum atomic E-state index is 11.4. The standard InChI is InChI=1S/C12H21N3O/c1-10-5-6-11(2)15(10)8-7-13-12(16)9-14(3)4/h5-6H,7-9H2,1-4H3,(H,13,16). The van der Waals surface area contributed by atoms with Crippen LogP contribution in [0.4, 0.5) is 0 Å². The fraction of sp³-hybridized carbons (Fsp3) is 0.583. The Bertz CT molecular complexity index is 336. The Labute approximate surface area is 97.2 Å². The van der Waals surface area contributed by atoms with E-state index < -0.39 is 0 Å². The molecule has 0 aliphatic heterocycles. The molecule has 16 heavy (non-hydrogen) atoms. The van der Waals surface area contributed by atoms with Crippen LogP contribution in [0.5, 0.6) is 0 Å². The molecule has 1 rings (SSSR count). The van der Waals surface area contributed by atoms with Gasteiger partial charge < -0.3 is 14.8 Å². The molecule has 1 aromatic heterocycles. The Kier molecular flexibility index (Phi) is 4.55. The van der Waals surface area contributed by atoms with Crippen LogP contribution < -0.4 is 5.32 Å². The SMILES string of the molecule is Cc1ccc(C)n1CCNC(=O)CN(C)C. The first kappa shape index (κ1) is 12.8. The third kappa shape index (κ3) is 3.70. The molecule has 0 radical (unpaired) electrons. The molecule has 1 amide bonds. The molecule has 0 aromatic carbocycles. The minimum atomic E-state index is 0.0764. The van der Waals surface area contributed by atoms with Crippen molar-refractivity contribution in [3.63, 3.8) is 0 Å². The Morgan fingerprint density at radius 1 is 1.31 bits per heavy atom. The van der Waals surface area contributed by atoms with Crippen LogP contribution in [0.25, 0.3) is 0 Å². The minimum absolute atomic E-state index is 0.0764. The summed E-state index contributed by atoms with van der Waals surface area (Å²) in [5, 5.41) is 2.91. The summed E-state index contributed by atoms with van der Waals surface area (Å²) in [4.78, 5) is 13.3. The van der Waals surface area contributed by atoms with Gasteiger partial charge in [0.05, 0.1) is 6.54 Å². The average molecular weight is 223 g/mol. The van der Waals surface area contributed by atoms with Crippen LogP contribution in [-0.2, 0) is 11.3 Å². The van der Waals surface area contributed by atoms with Crippen molar-refractivity contribution < 1.29 is 4.79 Å². The lowest BCUT2D eigenvalue weighted by Crippen LogP contribution is -2.35. The summed E-state index contributed by atoms with van der Waals surface area (Å²) in [7, 11) is 3.78. The van der Waals surface area contributed by atoms with E-state index in [1.54, 1.807) is 0 Å². The van der Waals surface area contributed by atoms with Gasteiger partial charge in [-0.3, -0.25) is 4.79 Å². The Morgan fingerprint density at radius 2 is 1.88 bits per heavy atom. The third-order valence-corrected chi connectivity index (χ3v) is 2.53. The smallest absolute Gasteiger partial charge is 0.234 e. The number of aryl methyl sites for hydroxylation is 2. The summed E-state index contributed by atoms with van der Waals surface area (Å²) in [5.41, 5.74) is 2.47. The van der Waals surface area contributed by atoms with Crippen molar-refractivity contribution in [3.05, 3.63) is 23.5 Å². The average Bonchev–Trinajstić information content (AvgIpc) is 2.47. The zero-order valence-electron chi connectivity index (χ0n) is 10.6.